The molecule has 0 aliphatic heterocycles. The van der Waals surface area contributed by atoms with Gasteiger partial charge in [0, 0.05) is 12.6 Å². The second-order valence-electron chi connectivity index (χ2n) is 2.99. The minimum absolute atomic E-state index is 0.0916. The van der Waals surface area contributed by atoms with Crippen LogP contribution < -0.4 is 11.3 Å². The lowest BCUT2D eigenvalue weighted by atomic mass is 10.4. The molecule has 5 nitrogen and oxygen atoms in total. The van der Waals surface area contributed by atoms with E-state index in [1.807, 2.05) is 4.90 Å². The molecule has 1 rings (SSSR count). The van der Waals surface area contributed by atoms with Crippen LogP contribution in [0, 0.1) is 0 Å². The number of carbonyl (C=O) groups is 1. The molecule has 5 heteroatoms. The van der Waals surface area contributed by atoms with Crippen LogP contribution in [0.2, 0.25) is 0 Å². The van der Waals surface area contributed by atoms with Crippen LogP contribution in [-0.4, -0.2) is 41.7 Å². The van der Waals surface area contributed by atoms with E-state index in [1.165, 1.54) is 0 Å². The van der Waals surface area contributed by atoms with E-state index in [-0.39, 0.29) is 12.5 Å². The van der Waals surface area contributed by atoms with Crippen LogP contribution in [0.25, 0.3) is 0 Å². The molecule has 1 fully saturated rings. The molecule has 0 unspecified atom stereocenters. The molecule has 0 aromatic heterocycles. The fourth-order valence-corrected chi connectivity index (χ4v) is 1.19. The quantitative estimate of drug-likeness (QED) is 0.267. The van der Waals surface area contributed by atoms with E-state index in [0.717, 1.165) is 12.8 Å². The number of hydrogen-bond acceptors (Lipinski definition) is 4. The number of nitrogens with one attached hydrogen (secondary N) is 1. The molecule has 0 spiro atoms. The highest BCUT2D eigenvalue weighted by molar-refractivity contribution is 5.77. The molecular formula is C7H15N3O2. The Balaban J connectivity index is 2.26. The Morgan fingerprint density at radius 1 is 1.67 bits per heavy atom. The number of rotatable bonds is 5. The van der Waals surface area contributed by atoms with Crippen molar-refractivity contribution in [1.29, 1.82) is 0 Å². The Hall–Kier alpha value is -0.650. The largest absolute Gasteiger partial charge is 0.395 e. The van der Waals surface area contributed by atoms with Crippen molar-refractivity contribution in [3.8, 4) is 0 Å². The lowest BCUT2D eigenvalue weighted by Crippen LogP contribution is -2.42. The summed E-state index contributed by atoms with van der Waals surface area (Å²) in [5.41, 5.74) is 2.07. The van der Waals surface area contributed by atoms with Gasteiger partial charge in [0.2, 0.25) is 5.91 Å². The first kappa shape index (κ1) is 9.44. The highest BCUT2D eigenvalue weighted by Gasteiger charge is 2.29. The zero-order chi connectivity index (χ0) is 8.97. The molecule has 1 aliphatic rings. The molecular weight excluding hydrogens is 158 g/mol. The molecule has 1 saturated carbocycles. The summed E-state index contributed by atoms with van der Waals surface area (Å²) in [7, 11) is 0. The number of nitrogens with zero attached hydrogens (tertiary/aromatic N) is 1. The van der Waals surface area contributed by atoms with E-state index in [4.69, 9.17) is 10.9 Å². The molecule has 0 aromatic carbocycles. The van der Waals surface area contributed by atoms with Crippen LogP contribution in [0.1, 0.15) is 12.8 Å². The summed E-state index contributed by atoms with van der Waals surface area (Å²) in [6.45, 7) is 0.939. The Morgan fingerprint density at radius 2 is 2.33 bits per heavy atom. The average Bonchev–Trinajstić information content (AvgIpc) is 2.86. The van der Waals surface area contributed by atoms with Crippen LogP contribution in [0.5, 0.6) is 0 Å². The fraction of sp³-hybridized carbons (Fsp3) is 0.857. The predicted octanol–water partition coefficient (Wildman–Crippen LogP) is -1.57. The number of carbonyl (C=O) groups excluding carboxylic acids is 1. The minimum atomic E-state index is -0.199. The first-order valence-electron chi connectivity index (χ1n) is 4.12. The maximum atomic E-state index is 10.9. The first-order valence-corrected chi connectivity index (χ1v) is 4.12. The van der Waals surface area contributed by atoms with E-state index in [2.05, 4.69) is 5.43 Å². The van der Waals surface area contributed by atoms with E-state index in [0.29, 0.717) is 19.1 Å². The summed E-state index contributed by atoms with van der Waals surface area (Å²) in [6.07, 6.45) is 2.25. The number of amides is 1. The number of hydrazine groups is 1. The predicted molar refractivity (Wildman–Crippen MR) is 44.0 cm³/mol. The van der Waals surface area contributed by atoms with E-state index >= 15 is 0 Å². The zero-order valence-electron chi connectivity index (χ0n) is 6.99. The Bertz CT molecular complexity index is 159. The Kier molecular flexibility index (Phi) is 3.46. The third-order valence-electron chi connectivity index (χ3n) is 1.96. The van der Waals surface area contributed by atoms with Crippen molar-refractivity contribution in [2.75, 3.05) is 19.7 Å². The molecule has 70 valence electrons. The maximum absolute atomic E-state index is 10.9. The summed E-state index contributed by atoms with van der Waals surface area (Å²) in [5.74, 6) is 4.75. The van der Waals surface area contributed by atoms with Gasteiger partial charge >= 0.3 is 0 Å². The van der Waals surface area contributed by atoms with Gasteiger partial charge < -0.3 is 5.11 Å². The van der Waals surface area contributed by atoms with Gasteiger partial charge in [0.05, 0.1) is 13.2 Å². The second-order valence-corrected chi connectivity index (χ2v) is 2.99. The summed E-state index contributed by atoms with van der Waals surface area (Å²) in [5, 5.41) is 8.69. The van der Waals surface area contributed by atoms with Gasteiger partial charge in [-0.05, 0) is 12.8 Å². The van der Waals surface area contributed by atoms with Gasteiger partial charge in [-0.2, -0.15) is 0 Å². The average molecular weight is 173 g/mol. The summed E-state index contributed by atoms with van der Waals surface area (Å²) < 4.78 is 0. The number of aliphatic hydroxyl groups excluding tert-OH is 1. The highest BCUT2D eigenvalue weighted by atomic mass is 16.3. The third kappa shape index (κ3) is 2.77. The molecule has 0 aromatic rings. The smallest absolute Gasteiger partial charge is 0.248 e. The molecule has 0 radical (unpaired) electrons. The van der Waals surface area contributed by atoms with Crippen molar-refractivity contribution in [2.45, 2.75) is 18.9 Å². The van der Waals surface area contributed by atoms with E-state index in [9.17, 15) is 4.79 Å². The van der Waals surface area contributed by atoms with Crippen LogP contribution >= 0.6 is 0 Å². The van der Waals surface area contributed by atoms with Crippen molar-refractivity contribution in [2.24, 2.45) is 5.84 Å². The molecule has 0 bridgehead atoms. The lowest BCUT2D eigenvalue weighted by Gasteiger charge is -2.18. The molecule has 0 heterocycles. The van der Waals surface area contributed by atoms with Crippen LogP contribution in [0.15, 0.2) is 0 Å². The topological polar surface area (TPSA) is 78.6 Å². The zero-order valence-corrected chi connectivity index (χ0v) is 6.99. The van der Waals surface area contributed by atoms with Gasteiger partial charge in [-0.25, -0.2) is 5.84 Å². The van der Waals surface area contributed by atoms with Crippen LogP contribution in [0.4, 0.5) is 0 Å². The van der Waals surface area contributed by atoms with Gasteiger partial charge in [0.15, 0.2) is 0 Å². The highest BCUT2D eigenvalue weighted by Crippen LogP contribution is 2.25. The normalized spacial score (nSPS) is 16.6. The number of hydrogen-bond donors (Lipinski definition) is 3. The van der Waals surface area contributed by atoms with Crippen LogP contribution in [0.3, 0.4) is 0 Å². The summed E-state index contributed by atoms with van der Waals surface area (Å²) in [4.78, 5) is 12.8. The van der Waals surface area contributed by atoms with E-state index < -0.39 is 0 Å². The van der Waals surface area contributed by atoms with Crippen molar-refractivity contribution in [3.05, 3.63) is 0 Å². The molecule has 4 N–H and O–H groups in total. The monoisotopic (exact) mass is 173 g/mol. The Morgan fingerprint density at radius 3 is 2.75 bits per heavy atom. The third-order valence-corrected chi connectivity index (χ3v) is 1.96. The van der Waals surface area contributed by atoms with Crippen molar-refractivity contribution in [1.82, 2.24) is 10.3 Å². The molecule has 12 heavy (non-hydrogen) atoms. The number of nitrogens with two attached hydrogens (primary N) is 1. The fourth-order valence-electron chi connectivity index (χ4n) is 1.19. The van der Waals surface area contributed by atoms with Gasteiger partial charge in [0.25, 0.3) is 0 Å². The summed E-state index contributed by atoms with van der Waals surface area (Å²) in [6, 6.07) is 0.481. The van der Waals surface area contributed by atoms with Crippen LogP contribution in [-0.2, 0) is 4.79 Å². The summed E-state index contributed by atoms with van der Waals surface area (Å²) >= 11 is 0. The molecule has 1 amide bonds. The van der Waals surface area contributed by atoms with Crippen molar-refractivity contribution in [3.63, 3.8) is 0 Å². The van der Waals surface area contributed by atoms with Gasteiger partial charge in [-0.1, -0.05) is 0 Å². The molecule has 0 saturated heterocycles. The van der Waals surface area contributed by atoms with Crippen molar-refractivity contribution >= 4 is 5.91 Å². The van der Waals surface area contributed by atoms with Gasteiger partial charge in [-0.3, -0.25) is 15.1 Å². The molecule has 0 atom stereocenters. The first-order chi connectivity index (χ1) is 5.77. The second kappa shape index (κ2) is 4.39. The standard InChI is InChI=1S/C7H15N3O2/c8-9-7(12)5-10(3-4-11)6-1-2-6/h6,11H,1-5,8H2,(H,9,12). The maximum Gasteiger partial charge on any atom is 0.248 e. The lowest BCUT2D eigenvalue weighted by molar-refractivity contribution is -0.122. The SMILES string of the molecule is NNC(=O)CN(CCO)C1CC1. The Labute approximate surface area is 71.5 Å². The minimum Gasteiger partial charge on any atom is -0.395 e. The van der Waals surface area contributed by atoms with Gasteiger partial charge in [0.1, 0.15) is 0 Å². The van der Waals surface area contributed by atoms with E-state index in [1.54, 1.807) is 0 Å². The van der Waals surface area contributed by atoms with Crippen molar-refractivity contribution < 1.29 is 9.90 Å². The molecule has 1 aliphatic carbocycles. The number of aliphatic hydroxyl groups is 1. The van der Waals surface area contributed by atoms with Gasteiger partial charge in [-0.15, -0.1) is 0 Å².